The van der Waals surface area contributed by atoms with Gasteiger partial charge in [0.05, 0.1) is 18.0 Å². The van der Waals surface area contributed by atoms with Crippen molar-refractivity contribution in [1.82, 2.24) is 4.90 Å². The van der Waals surface area contributed by atoms with E-state index in [9.17, 15) is 22.0 Å². The molecule has 0 aliphatic heterocycles. The molecule has 8 nitrogen and oxygen atoms in total. The highest BCUT2D eigenvalue weighted by Crippen LogP contribution is 2.33. The lowest BCUT2D eigenvalue weighted by Gasteiger charge is -2.22. The molecule has 0 atom stereocenters. The van der Waals surface area contributed by atoms with Crippen molar-refractivity contribution >= 4 is 21.6 Å². The monoisotopic (exact) mass is 469 g/mol. The molecule has 32 heavy (non-hydrogen) atoms. The second-order valence-electron chi connectivity index (χ2n) is 7.35. The predicted molar refractivity (Wildman–Crippen MR) is 114 cm³/mol. The minimum atomic E-state index is -3.88. The van der Waals surface area contributed by atoms with Crippen molar-refractivity contribution in [3.8, 4) is 11.5 Å². The number of benzene rings is 2. The molecule has 1 amide bonds. The van der Waals surface area contributed by atoms with Crippen LogP contribution in [0.5, 0.6) is 11.5 Å². The summed E-state index contributed by atoms with van der Waals surface area (Å²) in [5.74, 6) is -0.146. The van der Waals surface area contributed by atoms with Crippen LogP contribution in [0.4, 0.5) is 14.5 Å². The third-order valence-corrected chi connectivity index (χ3v) is 5.68. The maximum Gasteiger partial charge on any atom is 0.387 e. The summed E-state index contributed by atoms with van der Waals surface area (Å²) in [6, 6.07) is 10.6. The van der Waals surface area contributed by atoms with Gasteiger partial charge in [0.25, 0.3) is 0 Å². The number of ether oxygens (including phenoxy) is 2. The van der Waals surface area contributed by atoms with Crippen LogP contribution in [0.25, 0.3) is 0 Å². The van der Waals surface area contributed by atoms with Gasteiger partial charge in [0.1, 0.15) is 0 Å². The number of sulfonamides is 1. The Balaban J connectivity index is 1.69. The van der Waals surface area contributed by atoms with Crippen molar-refractivity contribution in [2.45, 2.75) is 43.9 Å². The molecular formula is C21H25F2N3O5S. The largest absolute Gasteiger partial charge is 0.490 e. The number of rotatable bonds is 11. The van der Waals surface area contributed by atoms with Crippen molar-refractivity contribution < 1.29 is 31.5 Å². The average molecular weight is 470 g/mol. The van der Waals surface area contributed by atoms with E-state index in [-0.39, 0.29) is 41.5 Å². The minimum Gasteiger partial charge on any atom is -0.490 e. The Morgan fingerprint density at radius 2 is 1.97 bits per heavy atom. The number of hydrogen-bond acceptors (Lipinski definition) is 6. The summed E-state index contributed by atoms with van der Waals surface area (Å²) >= 11 is 0. The van der Waals surface area contributed by atoms with E-state index in [1.807, 2.05) is 4.90 Å². The van der Waals surface area contributed by atoms with Crippen LogP contribution >= 0.6 is 0 Å². The number of halogens is 2. The van der Waals surface area contributed by atoms with Crippen LogP contribution in [-0.2, 0) is 21.4 Å². The fourth-order valence-electron chi connectivity index (χ4n) is 3.24. The molecule has 1 fully saturated rings. The van der Waals surface area contributed by atoms with Crippen molar-refractivity contribution in [2.24, 2.45) is 5.14 Å². The van der Waals surface area contributed by atoms with Crippen LogP contribution in [0, 0.1) is 0 Å². The summed E-state index contributed by atoms with van der Waals surface area (Å²) in [6.07, 6.45) is 1.89. The zero-order chi connectivity index (χ0) is 23.3. The Hall–Kier alpha value is -2.76. The predicted octanol–water partition coefficient (Wildman–Crippen LogP) is 2.94. The molecule has 1 aliphatic rings. The molecule has 0 saturated heterocycles. The van der Waals surface area contributed by atoms with Crippen molar-refractivity contribution in [1.29, 1.82) is 0 Å². The van der Waals surface area contributed by atoms with E-state index < -0.39 is 16.6 Å². The van der Waals surface area contributed by atoms with E-state index in [1.54, 1.807) is 25.1 Å². The van der Waals surface area contributed by atoms with E-state index in [0.717, 1.165) is 18.4 Å². The van der Waals surface area contributed by atoms with Crippen molar-refractivity contribution in [2.75, 3.05) is 18.5 Å². The number of amides is 1. The van der Waals surface area contributed by atoms with Gasteiger partial charge in [-0.05, 0) is 55.7 Å². The van der Waals surface area contributed by atoms with Crippen LogP contribution in [-0.4, -0.2) is 45.0 Å². The van der Waals surface area contributed by atoms with Gasteiger partial charge in [-0.3, -0.25) is 9.69 Å². The summed E-state index contributed by atoms with van der Waals surface area (Å²) in [7, 11) is -3.88. The highest BCUT2D eigenvalue weighted by atomic mass is 32.2. The number of hydrogen-bond donors (Lipinski definition) is 2. The second kappa shape index (κ2) is 10.2. The van der Waals surface area contributed by atoms with Gasteiger partial charge in [0, 0.05) is 18.3 Å². The molecule has 1 aliphatic carbocycles. The van der Waals surface area contributed by atoms with Gasteiger partial charge in [-0.2, -0.15) is 8.78 Å². The first-order chi connectivity index (χ1) is 15.2. The van der Waals surface area contributed by atoms with Gasteiger partial charge in [-0.15, -0.1) is 0 Å². The van der Waals surface area contributed by atoms with Crippen LogP contribution in [0.3, 0.4) is 0 Å². The van der Waals surface area contributed by atoms with Crippen LogP contribution < -0.4 is 19.9 Å². The molecule has 0 unspecified atom stereocenters. The average Bonchev–Trinajstić information content (AvgIpc) is 3.54. The first kappa shape index (κ1) is 23.9. The third-order valence-electron chi connectivity index (χ3n) is 4.77. The summed E-state index contributed by atoms with van der Waals surface area (Å²) in [6.45, 7) is -0.451. The summed E-state index contributed by atoms with van der Waals surface area (Å²) in [4.78, 5) is 14.5. The number of anilines is 1. The normalized spacial score (nSPS) is 13.9. The quantitative estimate of drug-likeness (QED) is 0.524. The Labute approximate surface area is 185 Å². The Bertz CT molecular complexity index is 1060. The first-order valence-corrected chi connectivity index (χ1v) is 11.6. The summed E-state index contributed by atoms with van der Waals surface area (Å²) in [5, 5.41) is 7.82. The van der Waals surface area contributed by atoms with E-state index in [2.05, 4.69) is 10.1 Å². The van der Waals surface area contributed by atoms with Gasteiger partial charge in [-0.1, -0.05) is 12.1 Å². The lowest BCUT2D eigenvalue weighted by atomic mass is 10.2. The number of carbonyl (C=O) groups is 1. The van der Waals surface area contributed by atoms with Crippen molar-refractivity contribution in [3.63, 3.8) is 0 Å². The molecule has 3 rings (SSSR count). The maximum atomic E-state index is 12.6. The Morgan fingerprint density at radius 1 is 1.22 bits per heavy atom. The lowest BCUT2D eigenvalue weighted by Crippen LogP contribution is -2.34. The lowest BCUT2D eigenvalue weighted by molar-refractivity contribution is -0.117. The standard InChI is InChI=1S/C21H25F2N3O5S/c1-2-30-19-10-14(6-9-18(19)31-21(22)23)12-26(16-7-8-16)13-20(27)25-15-4-3-5-17(11-15)32(24,28)29/h3-6,9-11,16,21H,2,7-8,12-13H2,1H3,(H,25,27)(H2,24,28,29). The van der Waals surface area contributed by atoms with Crippen molar-refractivity contribution in [3.05, 3.63) is 48.0 Å². The molecule has 1 saturated carbocycles. The zero-order valence-electron chi connectivity index (χ0n) is 17.5. The molecule has 0 heterocycles. The summed E-state index contributed by atoms with van der Waals surface area (Å²) < 4.78 is 58.1. The highest BCUT2D eigenvalue weighted by Gasteiger charge is 2.30. The number of nitrogens with two attached hydrogens (primary N) is 1. The molecule has 3 N–H and O–H groups in total. The van der Waals surface area contributed by atoms with E-state index in [1.165, 1.54) is 24.3 Å². The van der Waals surface area contributed by atoms with Crippen LogP contribution in [0.2, 0.25) is 0 Å². The maximum absolute atomic E-state index is 12.6. The van der Waals surface area contributed by atoms with Gasteiger partial charge in [-0.25, -0.2) is 13.6 Å². The SMILES string of the molecule is CCOc1cc(CN(CC(=O)Nc2cccc(S(N)(=O)=O)c2)C2CC2)ccc1OC(F)F. The third kappa shape index (κ3) is 6.87. The van der Waals surface area contributed by atoms with Gasteiger partial charge in [0.2, 0.25) is 15.9 Å². The minimum absolute atomic E-state index is 0.0453. The second-order valence-corrected chi connectivity index (χ2v) is 8.91. The topological polar surface area (TPSA) is 111 Å². The smallest absolute Gasteiger partial charge is 0.387 e. The fraction of sp³-hybridized carbons (Fsp3) is 0.381. The molecule has 174 valence electrons. The zero-order valence-corrected chi connectivity index (χ0v) is 18.3. The molecule has 2 aromatic carbocycles. The van der Waals surface area contributed by atoms with Gasteiger partial charge < -0.3 is 14.8 Å². The molecule has 2 aromatic rings. The number of primary sulfonamides is 1. The first-order valence-electron chi connectivity index (χ1n) is 10.0. The molecule has 0 bridgehead atoms. The van der Waals surface area contributed by atoms with Gasteiger partial charge >= 0.3 is 6.61 Å². The Morgan fingerprint density at radius 3 is 2.59 bits per heavy atom. The number of nitrogens with zero attached hydrogens (tertiary/aromatic N) is 1. The number of nitrogens with one attached hydrogen (secondary N) is 1. The fourth-order valence-corrected chi connectivity index (χ4v) is 3.80. The highest BCUT2D eigenvalue weighted by molar-refractivity contribution is 7.89. The van der Waals surface area contributed by atoms with Crippen LogP contribution in [0.1, 0.15) is 25.3 Å². The molecule has 0 spiro atoms. The molecule has 0 aromatic heterocycles. The number of carbonyl (C=O) groups excluding carboxylic acids is 1. The van der Waals surface area contributed by atoms with E-state index >= 15 is 0 Å². The molecule has 11 heteroatoms. The van der Waals surface area contributed by atoms with E-state index in [0.29, 0.717) is 12.2 Å². The summed E-state index contributed by atoms with van der Waals surface area (Å²) in [5.41, 5.74) is 1.11. The van der Waals surface area contributed by atoms with E-state index in [4.69, 9.17) is 9.88 Å². The van der Waals surface area contributed by atoms with Gasteiger partial charge in [0.15, 0.2) is 11.5 Å². The molecule has 0 radical (unpaired) electrons. The molecular weight excluding hydrogens is 444 g/mol. The van der Waals surface area contributed by atoms with Crippen LogP contribution in [0.15, 0.2) is 47.4 Å². The number of alkyl halides is 2. The Kier molecular flexibility index (Phi) is 7.64.